The van der Waals surface area contributed by atoms with Crippen LogP contribution >= 0.6 is 11.3 Å². The van der Waals surface area contributed by atoms with Crippen LogP contribution in [0, 0.1) is 17.8 Å². The van der Waals surface area contributed by atoms with Gasteiger partial charge in [0.15, 0.2) is 0 Å². The van der Waals surface area contributed by atoms with E-state index in [9.17, 15) is 8.42 Å². The number of thiophene rings is 1. The van der Waals surface area contributed by atoms with Crippen molar-refractivity contribution in [1.82, 2.24) is 4.72 Å². The minimum Gasteiger partial charge on any atom is -0.395 e. The standard InChI is InChI=1S/C13H19NO3S2/c1-11(2)10-19(16,17)14-9-13-12(6-8-18-13)5-3-4-7-15/h6,8,11,14-15H,4,7,9-10H2,1-2H3. The SMILES string of the molecule is CC(C)CS(=O)(=O)NCc1sccc1C#CCCO. The van der Waals surface area contributed by atoms with E-state index in [4.69, 9.17) is 5.11 Å². The Morgan fingerprint density at radius 3 is 2.84 bits per heavy atom. The van der Waals surface area contributed by atoms with E-state index in [1.54, 1.807) is 0 Å². The summed E-state index contributed by atoms with van der Waals surface area (Å²) < 4.78 is 26.1. The Kier molecular flexibility index (Phi) is 6.52. The van der Waals surface area contributed by atoms with Crippen molar-refractivity contribution >= 4 is 21.4 Å². The first kappa shape index (κ1) is 16.2. The summed E-state index contributed by atoms with van der Waals surface area (Å²) in [6, 6.07) is 1.86. The fraction of sp³-hybridized carbons (Fsp3) is 0.538. The van der Waals surface area contributed by atoms with Gasteiger partial charge in [-0.05, 0) is 17.4 Å². The van der Waals surface area contributed by atoms with E-state index in [0.29, 0.717) is 6.42 Å². The van der Waals surface area contributed by atoms with Gasteiger partial charge in [0.1, 0.15) is 0 Å². The smallest absolute Gasteiger partial charge is 0.212 e. The number of aliphatic hydroxyl groups excluding tert-OH is 1. The highest BCUT2D eigenvalue weighted by atomic mass is 32.2. The van der Waals surface area contributed by atoms with Crippen LogP contribution in [0.5, 0.6) is 0 Å². The van der Waals surface area contributed by atoms with Crippen molar-refractivity contribution in [2.24, 2.45) is 5.92 Å². The second kappa shape index (κ2) is 7.65. The van der Waals surface area contributed by atoms with Gasteiger partial charge < -0.3 is 5.11 Å². The monoisotopic (exact) mass is 301 g/mol. The normalized spacial score (nSPS) is 11.4. The van der Waals surface area contributed by atoms with Crippen molar-refractivity contribution in [1.29, 1.82) is 0 Å². The minimum absolute atomic E-state index is 0.0352. The van der Waals surface area contributed by atoms with Crippen molar-refractivity contribution in [2.75, 3.05) is 12.4 Å². The van der Waals surface area contributed by atoms with E-state index in [1.165, 1.54) is 11.3 Å². The van der Waals surface area contributed by atoms with Gasteiger partial charge in [0.05, 0.1) is 12.4 Å². The molecule has 1 rings (SSSR count). The van der Waals surface area contributed by atoms with Gasteiger partial charge in [0.2, 0.25) is 10.0 Å². The second-order valence-corrected chi connectivity index (χ2v) is 7.38. The molecule has 6 heteroatoms. The van der Waals surface area contributed by atoms with E-state index < -0.39 is 10.0 Å². The Hall–Kier alpha value is -0.870. The van der Waals surface area contributed by atoms with Gasteiger partial charge in [-0.15, -0.1) is 11.3 Å². The van der Waals surface area contributed by atoms with E-state index >= 15 is 0 Å². The van der Waals surface area contributed by atoms with Crippen LogP contribution in [-0.2, 0) is 16.6 Å². The van der Waals surface area contributed by atoms with E-state index in [2.05, 4.69) is 16.6 Å². The summed E-state index contributed by atoms with van der Waals surface area (Å²) in [4.78, 5) is 0.901. The summed E-state index contributed by atoms with van der Waals surface area (Å²) in [7, 11) is -3.23. The van der Waals surface area contributed by atoms with Crippen molar-refractivity contribution in [3.63, 3.8) is 0 Å². The second-order valence-electron chi connectivity index (χ2n) is 4.53. The average Bonchev–Trinajstić information content (AvgIpc) is 2.73. The van der Waals surface area contributed by atoms with E-state index in [1.807, 2.05) is 25.3 Å². The maximum Gasteiger partial charge on any atom is 0.212 e. The van der Waals surface area contributed by atoms with Crippen LogP contribution in [0.3, 0.4) is 0 Å². The molecular formula is C13H19NO3S2. The number of rotatable bonds is 6. The Morgan fingerprint density at radius 1 is 1.47 bits per heavy atom. The van der Waals surface area contributed by atoms with Gasteiger partial charge in [-0.3, -0.25) is 0 Å². The summed E-state index contributed by atoms with van der Waals surface area (Å²) in [5.74, 6) is 6.00. The molecule has 0 saturated carbocycles. The number of hydrogen-bond donors (Lipinski definition) is 2. The summed E-state index contributed by atoms with van der Waals surface area (Å²) in [6.45, 7) is 4.05. The van der Waals surface area contributed by atoms with Gasteiger partial charge in [0, 0.05) is 23.4 Å². The Bertz CT molecular complexity index is 550. The predicted molar refractivity (Wildman–Crippen MR) is 78.4 cm³/mol. The zero-order valence-electron chi connectivity index (χ0n) is 11.1. The number of aliphatic hydroxyl groups is 1. The molecule has 0 bridgehead atoms. The Balaban J connectivity index is 2.65. The third-order valence-electron chi connectivity index (χ3n) is 2.21. The van der Waals surface area contributed by atoms with Crippen LogP contribution in [0.2, 0.25) is 0 Å². The zero-order valence-corrected chi connectivity index (χ0v) is 12.8. The number of sulfonamides is 1. The highest BCUT2D eigenvalue weighted by Gasteiger charge is 2.13. The molecule has 0 fully saturated rings. The van der Waals surface area contributed by atoms with E-state index in [-0.39, 0.29) is 24.8 Å². The molecule has 2 N–H and O–H groups in total. The Labute approximate surface area is 118 Å². The molecule has 0 aliphatic carbocycles. The first-order chi connectivity index (χ1) is 8.94. The molecule has 1 aromatic rings. The predicted octanol–water partition coefficient (Wildman–Crippen LogP) is 1.56. The molecule has 0 spiro atoms. The molecule has 0 aliphatic rings. The van der Waals surface area contributed by atoms with Crippen molar-refractivity contribution in [2.45, 2.75) is 26.8 Å². The molecule has 1 heterocycles. The van der Waals surface area contributed by atoms with Gasteiger partial charge >= 0.3 is 0 Å². The first-order valence-electron chi connectivity index (χ1n) is 6.08. The third-order valence-corrected chi connectivity index (χ3v) is 4.82. The number of hydrogen-bond acceptors (Lipinski definition) is 4. The lowest BCUT2D eigenvalue weighted by molar-refractivity contribution is 0.305. The van der Waals surface area contributed by atoms with Crippen molar-refractivity contribution in [3.8, 4) is 11.8 Å². The molecule has 0 radical (unpaired) electrons. The number of nitrogens with one attached hydrogen (secondary N) is 1. The lowest BCUT2D eigenvalue weighted by atomic mass is 10.2. The van der Waals surface area contributed by atoms with Crippen LogP contribution in [0.15, 0.2) is 11.4 Å². The molecule has 19 heavy (non-hydrogen) atoms. The van der Waals surface area contributed by atoms with Crippen LogP contribution in [0.1, 0.15) is 30.7 Å². The minimum atomic E-state index is -3.23. The zero-order chi connectivity index (χ0) is 14.3. The van der Waals surface area contributed by atoms with Crippen LogP contribution < -0.4 is 4.72 Å². The third kappa shape index (κ3) is 6.21. The highest BCUT2D eigenvalue weighted by Crippen LogP contribution is 2.16. The fourth-order valence-electron chi connectivity index (χ4n) is 1.48. The molecule has 106 valence electrons. The van der Waals surface area contributed by atoms with Gasteiger partial charge in [-0.25, -0.2) is 13.1 Å². The van der Waals surface area contributed by atoms with Gasteiger partial charge in [-0.1, -0.05) is 25.7 Å². The lowest BCUT2D eigenvalue weighted by Crippen LogP contribution is -2.27. The first-order valence-corrected chi connectivity index (χ1v) is 8.61. The molecule has 0 unspecified atom stereocenters. The van der Waals surface area contributed by atoms with Crippen LogP contribution in [-0.4, -0.2) is 25.9 Å². The largest absolute Gasteiger partial charge is 0.395 e. The molecule has 0 aliphatic heterocycles. The highest BCUT2D eigenvalue weighted by molar-refractivity contribution is 7.89. The lowest BCUT2D eigenvalue weighted by Gasteiger charge is -2.08. The fourth-order valence-corrected chi connectivity index (χ4v) is 3.70. The van der Waals surface area contributed by atoms with Gasteiger partial charge in [-0.2, -0.15) is 0 Å². The quantitative estimate of drug-likeness (QED) is 0.784. The molecule has 1 aromatic heterocycles. The maximum absolute atomic E-state index is 11.7. The van der Waals surface area contributed by atoms with E-state index in [0.717, 1.165) is 10.4 Å². The molecular weight excluding hydrogens is 282 g/mol. The molecule has 4 nitrogen and oxygen atoms in total. The Morgan fingerprint density at radius 2 is 2.21 bits per heavy atom. The average molecular weight is 301 g/mol. The van der Waals surface area contributed by atoms with Crippen LogP contribution in [0.25, 0.3) is 0 Å². The molecule has 0 atom stereocenters. The maximum atomic E-state index is 11.7. The van der Waals surface area contributed by atoms with Crippen molar-refractivity contribution in [3.05, 3.63) is 21.9 Å². The summed E-state index contributed by atoms with van der Waals surface area (Å²) in [6.07, 6.45) is 0.425. The van der Waals surface area contributed by atoms with Gasteiger partial charge in [0.25, 0.3) is 0 Å². The topological polar surface area (TPSA) is 66.4 Å². The summed E-state index contributed by atoms with van der Waals surface area (Å²) in [5, 5.41) is 10.6. The van der Waals surface area contributed by atoms with Crippen molar-refractivity contribution < 1.29 is 13.5 Å². The molecule has 0 saturated heterocycles. The molecule has 0 amide bonds. The summed E-state index contributed by atoms with van der Waals surface area (Å²) in [5.41, 5.74) is 0.825. The summed E-state index contributed by atoms with van der Waals surface area (Å²) >= 11 is 1.48. The molecule has 0 aromatic carbocycles. The van der Waals surface area contributed by atoms with Crippen LogP contribution in [0.4, 0.5) is 0 Å².